The summed E-state index contributed by atoms with van der Waals surface area (Å²) in [7, 11) is 0. The Morgan fingerprint density at radius 1 is 0.525 bits per heavy atom. The van der Waals surface area contributed by atoms with Crippen LogP contribution in [0.1, 0.15) is 40.2 Å². The van der Waals surface area contributed by atoms with Crippen molar-refractivity contribution in [3.63, 3.8) is 0 Å². The Morgan fingerprint density at radius 3 is 1.48 bits per heavy atom. The lowest BCUT2D eigenvalue weighted by Gasteiger charge is -2.33. The van der Waals surface area contributed by atoms with E-state index in [2.05, 4.69) is 48.5 Å². The Bertz CT molecular complexity index is 1710. The van der Waals surface area contributed by atoms with Gasteiger partial charge in [-0.3, -0.25) is 0 Å². The number of halogens is 2. The maximum absolute atomic E-state index is 14.3. The maximum atomic E-state index is 14.3. The molecular formula is C37H26F2O. The smallest absolute Gasteiger partial charge is 0.139 e. The van der Waals surface area contributed by atoms with Gasteiger partial charge >= 0.3 is 0 Å². The predicted octanol–water partition coefficient (Wildman–Crippen LogP) is 9.76. The first kappa shape index (κ1) is 24.3. The standard InChI is InChI=1S/C37H26F2O/c38-30-20-16-28(17-21-30)37(29-18-22-31(39)23-19-29)24-32(25-10-4-1-5-11-25)33-34(37)36(27-14-8-3-9-15-27)40-35(33)26-12-6-2-7-13-26/h1-23,32H,24H2/t32-/m1/s1. The quantitative estimate of drug-likeness (QED) is 0.219. The summed E-state index contributed by atoms with van der Waals surface area (Å²) < 4.78 is 35.5. The third kappa shape index (κ3) is 3.89. The first-order valence-electron chi connectivity index (χ1n) is 13.5. The molecule has 0 bridgehead atoms. The summed E-state index contributed by atoms with van der Waals surface area (Å²) in [5.74, 6) is 1.01. The number of fused-ring (bicyclic) bond motifs is 1. The first-order valence-corrected chi connectivity index (χ1v) is 13.5. The molecule has 0 aliphatic heterocycles. The van der Waals surface area contributed by atoms with Gasteiger partial charge in [0, 0.05) is 28.2 Å². The average molecular weight is 525 g/mol. The third-order valence-electron chi connectivity index (χ3n) is 8.18. The lowest BCUT2D eigenvalue weighted by molar-refractivity contribution is 0.530. The van der Waals surface area contributed by atoms with Crippen molar-refractivity contribution in [2.75, 3.05) is 0 Å². The van der Waals surface area contributed by atoms with E-state index in [1.54, 1.807) is 0 Å². The normalized spacial score (nSPS) is 15.6. The second-order valence-corrected chi connectivity index (χ2v) is 10.4. The third-order valence-corrected chi connectivity index (χ3v) is 8.18. The molecule has 194 valence electrons. The molecular weight excluding hydrogens is 498 g/mol. The summed E-state index contributed by atoms with van der Waals surface area (Å²) in [5.41, 5.74) is 6.47. The Kier molecular flexibility index (Phi) is 5.93. The largest absolute Gasteiger partial charge is 0.455 e. The fourth-order valence-corrected chi connectivity index (χ4v) is 6.44. The van der Waals surface area contributed by atoms with Gasteiger partial charge in [-0.2, -0.15) is 0 Å². The number of benzene rings is 5. The molecule has 7 rings (SSSR count). The highest BCUT2D eigenvalue weighted by molar-refractivity contribution is 5.80. The van der Waals surface area contributed by atoms with Crippen molar-refractivity contribution in [1.29, 1.82) is 0 Å². The van der Waals surface area contributed by atoms with E-state index in [9.17, 15) is 8.78 Å². The molecule has 3 heteroatoms. The van der Waals surface area contributed by atoms with E-state index < -0.39 is 5.41 Å². The number of hydrogen-bond acceptors (Lipinski definition) is 1. The van der Waals surface area contributed by atoms with Gasteiger partial charge in [-0.15, -0.1) is 0 Å². The van der Waals surface area contributed by atoms with Gasteiger partial charge in [0.15, 0.2) is 0 Å². The zero-order chi connectivity index (χ0) is 27.1. The highest BCUT2D eigenvalue weighted by Gasteiger charge is 2.52. The van der Waals surface area contributed by atoms with Crippen molar-refractivity contribution in [3.8, 4) is 22.6 Å². The van der Waals surface area contributed by atoms with Crippen LogP contribution in [0.4, 0.5) is 8.78 Å². The molecule has 1 aliphatic carbocycles. The molecule has 0 saturated heterocycles. The fraction of sp³-hybridized carbons (Fsp3) is 0.0811. The molecule has 40 heavy (non-hydrogen) atoms. The highest BCUT2D eigenvalue weighted by atomic mass is 19.1. The van der Waals surface area contributed by atoms with E-state index in [4.69, 9.17) is 4.42 Å². The average Bonchev–Trinajstić information content (AvgIpc) is 3.57. The number of furan rings is 1. The van der Waals surface area contributed by atoms with Crippen LogP contribution in [0.25, 0.3) is 22.6 Å². The Balaban J connectivity index is 1.63. The molecule has 5 aromatic carbocycles. The van der Waals surface area contributed by atoms with Crippen LogP contribution >= 0.6 is 0 Å². The maximum Gasteiger partial charge on any atom is 0.139 e. The molecule has 1 nitrogen and oxygen atoms in total. The van der Waals surface area contributed by atoms with E-state index in [0.717, 1.165) is 44.9 Å². The van der Waals surface area contributed by atoms with E-state index in [1.807, 2.05) is 66.7 Å². The molecule has 0 amide bonds. The predicted molar refractivity (Wildman–Crippen MR) is 155 cm³/mol. The van der Waals surface area contributed by atoms with E-state index in [0.29, 0.717) is 6.42 Å². The molecule has 1 aliphatic rings. The van der Waals surface area contributed by atoms with Gasteiger partial charge in [-0.25, -0.2) is 8.78 Å². The fourth-order valence-electron chi connectivity index (χ4n) is 6.44. The lowest BCUT2D eigenvalue weighted by atomic mass is 9.69. The molecule has 1 atom stereocenters. The summed E-state index contributed by atoms with van der Waals surface area (Å²) >= 11 is 0. The van der Waals surface area contributed by atoms with Gasteiger partial charge in [0.05, 0.1) is 5.41 Å². The van der Waals surface area contributed by atoms with Crippen LogP contribution < -0.4 is 0 Å². The first-order chi connectivity index (χ1) is 19.6. The Morgan fingerprint density at radius 2 is 0.975 bits per heavy atom. The van der Waals surface area contributed by atoms with Gasteiger partial charge in [0.25, 0.3) is 0 Å². The zero-order valence-corrected chi connectivity index (χ0v) is 21.7. The number of hydrogen-bond donors (Lipinski definition) is 0. The zero-order valence-electron chi connectivity index (χ0n) is 21.7. The van der Waals surface area contributed by atoms with Gasteiger partial charge < -0.3 is 4.42 Å². The Hall–Kier alpha value is -4.76. The van der Waals surface area contributed by atoms with E-state index >= 15 is 0 Å². The molecule has 6 aromatic rings. The van der Waals surface area contributed by atoms with Crippen LogP contribution in [0.3, 0.4) is 0 Å². The van der Waals surface area contributed by atoms with Crippen molar-refractivity contribution in [1.82, 2.24) is 0 Å². The van der Waals surface area contributed by atoms with Crippen molar-refractivity contribution < 1.29 is 13.2 Å². The minimum atomic E-state index is -0.709. The number of rotatable bonds is 5. The lowest BCUT2D eigenvalue weighted by Crippen LogP contribution is -2.27. The van der Waals surface area contributed by atoms with Crippen LogP contribution in [0.5, 0.6) is 0 Å². The molecule has 1 aromatic heterocycles. The van der Waals surface area contributed by atoms with Crippen molar-refractivity contribution in [2.24, 2.45) is 0 Å². The Labute approximate surface area is 232 Å². The second-order valence-electron chi connectivity index (χ2n) is 10.4. The molecule has 0 N–H and O–H groups in total. The molecule has 0 fully saturated rings. The van der Waals surface area contributed by atoms with Crippen LogP contribution in [0, 0.1) is 11.6 Å². The van der Waals surface area contributed by atoms with Crippen LogP contribution in [-0.2, 0) is 5.41 Å². The second kappa shape index (κ2) is 9.77. The molecule has 1 heterocycles. The van der Waals surface area contributed by atoms with Crippen LogP contribution in [0.15, 0.2) is 144 Å². The van der Waals surface area contributed by atoms with Gasteiger partial charge in [0.2, 0.25) is 0 Å². The molecule has 0 unspecified atom stereocenters. The minimum Gasteiger partial charge on any atom is -0.455 e. The van der Waals surface area contributed by atoms with Crippen LogP contribution in [0.2, 0.25) is 0 Å². The van der Waals surface area contributed by atoms with Gasteiger partial charge in [-0.05, 0) is 47.4 Å². The van der Waals surface area contributed by atoms with Crippen LogP contribution in [-0.4, -0.2) is 0 Å². The SMILES string of the molecule is Fc1ccc(C2(c3ccc(F)cc3)C[C@H](c3ccccc3)c3c(-c4ccccc4)oc(-c4ccccc4)c32)cc1. The summed E-state index contributed by atoms with van der Waals surface area (Å²) in [6, 6.07) is 44.3. The summed E-state index contributed by atoms with van der Waals surface area (Å²) in [5, 5.41) is 0. The minimum absolute atomic E-state index is 0.0114. The van der Waals surface area contributed by atoms with Crippen molar-refractivity contribution in [3.05, 3.63) is 179 Å². The van der Waals surface area contributed by atoms with Crippen molar-refractivity contribution >= 4 is 0 Å². The summed E-state index contributed by atoms with van der Waals surface area (Å²) in [6.07, 6.45) is 0.689. The monoisotopic (exact) mass is 524 g/mol. The van der Waals surface area contributed by atoms with Gasteiger partial charge in [-0.1, -0.05) is 115 Å². The summed E-state index contributed by atoms with van der Waals surface area (Å²) in [6.45, 7) is 0. The summed E-state index contributed by atoms with van der Waals surface area (Å²) in [4.78, 5) is 0. The molecule has 0 radical (unpaired) electrons. The molecule has 0 spiro atoms. The molecule has 0 saturated carbocycles. The highest BCUT2D eigenvalue weighted by Crippen LogP contribution is 2.61. The van der Waals surface area contributed by atoms with E-state index in [1.165, 1.54) is 29.8 Å². The van der Waals surface area contributed by atoms with E-state index in [-0.39, 0.29) is 17.6 Å². The van der Waals surface area contributed by atoms with Gasteiger partial charge in [0.1, 0.15) is 23.2 Å². The van der Waals surface area contributed by atoms with Crippen molar-refractivity contribution in [2.45, 2.75) is 17.8 Å². The topological polar surface area (TPSA) is 13.1 Å².